The molecule has 1 aromatic rings. The van der Waals surface area contributed by atoms with Crippen molar-refractivity contribution in [3.05, 3.63) is 24.0 Å². The van der Waals surface area contributed by atoms with E-state index in [4.69, 9.17) is 5.11 Å². The van der Waals surface area contributed by atoms with Gasteiger partial charge in [0.1, 0.15) is 0 Å². The molecular formula is C11H17NO4S. The average Bonchev–Trinajstić information content (AvgIpc) is 2.61. The number of hydrogen-bond acceptors (Lipinski definition) is 3. The van der Waals surface area contributed by atoms with Crippen molar-refractivity contribution in [3.63, 3.8) is 0 Å². The van der Waals surface area contributed by atoms with Crippen LogP contribution in [0, 0.1) is 0 Å². The van der Waals surface area contributed by atoms with Gasteiger partial charge in [0.25, 0.3) is 0 Å². The number of hydrogen-bond donors (Lipinski definition) is 1. The van der Waals surface area contributed by atoms with Crippen LogP contribution in [0.4, 0.5) is 0 Å². The van der Waals surface area contributed by atoms with Crippen LogP contribution in [0.25, 0.3) is 0 Å². The first-order chi connectivity index (χ1) is 7.63. The maximum Gasteiger partial charge on any atom is 0.337 e. The fourth-order valence-corrected chi connectivity index (χ4v) is 2.30. The third-order valence-corrected chi connectivity index (χ3v) is 5.13. The Balaban J connectivity index is 2.71. The molecule has 0 spiro atoms. The molecule has 0 fully saturated rings. The first-order valence-corrected chi connectivity index (χ1v) is 6.90. The summed E-state index contributed by atoms with van der Waals surface area (Å²) in [6.45, 7) is 5.23. The number of aromatic nitrogens is 1. The summed E-state index contributed by atoms with van der Waals surface area (Å²) in [5, 5.41) is 8.72. The molecule has 0 atom stereocenters. The minimum Gasteiger partial charge on any atom is -0.478 e. The van der Waals surface area contributed by atoms with E-state index in [2.05, 4.69) is 0 Å². The van der Waals surface area contributed by atoms with Crippen molar-refractivity contribution in [2.75, 3.05) is 5.75 Å². The van der Waals surface area contributed by atoms with Gasteiger partial charge in [-0.3, -0.25) is 0 Å². The monoisotopic (exact) mass is 259 g/mol. The molecule has 0 aliphatic rings. The summed E-state index contributed by atoms with van der Waals surface area (Å²) in [4.78, 5) is 10.6. The lowest BCUT2D eigenvalue weighted by atomic mass is 10.3. The molecule has 0 amide bonds. The van der Waals surface area contributed by atoms with Crippen molar-refractivity contribution < 1.29 is 18.3 Å². The van der Waals surface area contributed by atoms with Crippen LogP contribution in [0.15, 0.2) is 18.5 Å². The Morgan fingerprint density at radius 2 is 2.00 bits per heavy atom. The number of sulfone groups is 1. The van der Waals surface area contributed by atoms with Crippen LogP contribution in [0.5, 0.6) is 0 Å². The lowest BCUT2D eigenvalue weighted by Crippen LogP contribution is -2.31. The van der Waals surface area contributed by atoms with Gasteiger partial charge in [0, 0.05) is 18.9 Å². The summed E-state index contributed by atoms with van der Waals surface area (Å²) >= 11 is 0. The minimum atomic E-state index is -3.18. The molecule has 1 N–H and O–H groups in total. The van der Waals surface area contributed by atoms with Gasteiger partial charge >= 0.3 is 5.97 Å². The van der Waals surface area contributed by atoms with E-state index in [9.17, 15) is 13.2 Å². The van der Waals surface area contributed by atoms with E-state index < -0.39 is 20.6 Å². The molecule has 6 heteroatoms. The molecule has 0 bridgehead atoms. The Bertz CT molecular complexity index is 508. The lowest BCUT2D eigenvalue weighted by molar-refractivity contribution is 0.0697. The zero-order valence-electron chi connectivity index (χ0n) is 10.2. The first-order valence-electron chi connectivity index (χ1n) is 5.25. The van der Waals surface area contributed by atoms with Gasteiger partial charge in [-0.25, -0.2) is 13.2 Å². The van der Waals surface area contributed by atoms with E-state index in [0.29, 0.717) is 0 Å². The second kappa shape index (κ2) is 4.52. The highest BCUT2D eigenvalue weighted by Gasteiger charge is 2.28. The Morgan fingerprint density at radius 3 is 2.41 bits per heavy atom. The molecule has 0 aliphatic carbocycles. The molecule has 1 rings (SSSR count). The summed E-state index contributed by atoms with van der Waals surface area (Å²) in [5.41, 5.74) is 0.165. The Morgan fingerprint density at radius 1 is 1.41 bits per heavy atom. The van der Waals surface area contributed by atoms with E-state index in [1.165, 1.54) is 12.3 Å². The van der Waals surface area contributed by atoms with Crippen LogP contribution < -0.4 is 0 Å². The van der Waals surface area contributed by atoms with Gasteiger partial charge in [0.2, 0.25) is 0 Å². The fraction of sp³-hybridized carbons (Fsp3) is 0.545. The van der Waals surface area contributed by atoms with Crippen molar-refractivity contribution in [2.24, 2.45) is 0 Å². The maximum absolute atomic E-state index is 11.8. The van der Waals surface area contributed by atoms with Gasteiger partial charge in [-0.2, -0.15) is 0 Å². The van der Waals surface area contributed by atoms with Crippen molar-refractivity contribution in [3.8, 4) is 0 Å². The molecule has 0 aliphatic heterocycles. The van der Waals surface area contributed by atoms with Crippen molar-refractivity contribution in [1.82, 2.24) is 4.57 Å². The summed E-state index contributed by atoms with van der Waals surface area (Å²) in [6, 6.07) is 1.45. The summed E-state index contributed by atoms with van der Waals surface area (Å²) < 4.78 is 24.5. The van der Waals surface area contributed by atoms with E-state index in [1.54, 1.807) is 31.5 Å². The molecule has 0 radical (unpaired) electrons. The molecule has 96 valence electrons. The topological polar surface area (TPSA) is 76.4 Å². The number of carbonyl (C=O) groups is 1. The lowest BCUT2D eigenvalue weighted by Gasteiger charge is -2.19. The first kappa shape index (κ1) is 13.8. The average molecular weight is 259 g/mol. The molecule has 0 saturated carbocycles. The number of carboxylic acid groups (broad SMARTS) is 1. The Kier molecular flexibility index (Phi) is 3.66. The molecule has 0 unspecified atom stereocenters. The van der Waals surface area contributed by atoms with Crippen LogP contribution in [-0.2, 0) is 16.4 Å². The fourth-order valence-electron chi connectivity index (χ4n) is 1.24. The molecule has 1 heterocycles. The summed E-state index contributed by atoms with van der Waals surface area (Å²) in [5.74, 6) is -1.01. The predicted octanol–water partition coefficient (Wildman–Crippen LogP) is 1.40. The van der Waals surface area contributed by atoms with Gasteiger partial charge in [-0.05, 0) is 26.8 Å². The normalized spacial score (nSPS) is 12.6. The smallest absolute Gasteiger partial charge is 0.337 e. The molecule has 5 nitrogen and oxygen atoms in total. The number of aromatic carboxylic acids is 1. The Labute approximate surface area is 101 Å². The number of carboxylic acids is 1. The highest BCUT2D eigenvalue weighted by molar-refractivity contribution is 7.92. The minimum absolute atomic E-state index is 0.00421. The van der Waals surface area contributed by atoms with Crippen LogP contribution in [-0.4, -0.2) is 34.6 Å². The van der Waals surface area contributed by atoms with E-state index >= 15 is 0 Å². The second-order valence-corrected chi connectivity index (χ2v) is 7.74. The van der Waals surface area contributed by atoms with Crippen molar-refractivity contribution in [1.29, 1.82) is 0 Å². The quantitative estimate of drug-likeness (QED) is 0.886. The highest BCUT2D eigenvalue weighted by Crippen LogP contribution is 2.16. The standard InChI is InChI=1S/C11H17NO4S/c1-11(2,3)17(15,16)7-6-12-5-4-9(8-12)10(13)14/h4-5,8H,6-7H2,1-3H3,(H,13,14). The summed E-state index contributed by atoms with van der Waals surface area (Å²) in [6.07, 6.45) is 3.00. The third-order valence-electron chi connectivity index (χ3n) is 2.55. The zero-order chi connectivity index (χ0) is 13.3. The van der Waals surface area contributed by atoms with Gasteiger partial charge in [-0.1, -0.05) is 0 Å². The molecule has 1 aromatic heterocycles. The largest absolute Gasteiger partial charge is 0.478 e. The number of rotatable bonds is 4. The van der Waals surface area contributed by atoms with Gasteiger partial charge in [0.05, 0.1) is 16.1 Å². The van der Waals surface area contributed by atoms with E-state index in [1.807, 2.05) is 0 Å². The predicted molar refractivity (Wildman–Crippen MR) is 64.9 cm³/mol. The third kappa shape index (κ3) is 3.33. The molecule has 0 aromatic carbocycles. The molecule has 0 saturated heterocycles. The SMILES string of the molecule is CC(C)(C)S(=O)(=O)CCn1ccc(C(=O)O)c1. The molecule has 17 heavy (non-hydrogen) atoms. The van der Waals surface area contributed by atoms with E-state index in [-0.39, 0.29) is 17.9 Å². The Hall–Kier alpha value is -1.30. The second-order valence-electron chi connectivity index (χ2n) is 4.87. The highest BCUT2D eigenvalue weighted by atomic mass is 32.2. The number of aryl methyl sites for hydroxylation is 1. The maximum atomic E-state index is 11.8. The van der Waals surface area contributed by atoms with Crippen molar-refractivity contribution >= 4 is 15.8 Å². The zero-order valence-corrected chi connectivity index (χ0v) is 11.0. The van der Waals surface area contributed by atoms with Gasteiger partial charge in [-0.15, -0.1) is 0 Å². The van der Waals surface area contributed by atoms with Gasteiger partial charge < -0.3 is 9.67 Å². The van der Waals surface area contributed by atoms with Crippen LogP contribution in [0.2, 0.25) is 0 Å². The molecular weight excluding hydrogens is 242 g/mol. The number of nitrogens with zero attached hydrogens (tertiary/aromatic N) is 1. The van der Waals surface area contributed by atoms with Crippen LogP contribution in [0.3, 0.4) is 0 Å². The van der Waals surface area contributed by atoms with Gasteiger partial charge in [0.15, 0.2) is 9.84 Å². The van der Waals surface area contributed by atoms with Crippen LogP contribution >= 0.6 is 0 Å². The summed E-state index contributed by atoms with van der Waals surface area (Å²) in [7, 11) is -3.18. The van der Waals surface area contributed by atoms with Crippen LogP contribution in [0.1, 0.15) is 31.1 Å². The van der Waals surface area contributed by atoms with E-state index in [0.717, 1.165) is 0 Å². The van der Waals surface area contributed by atoms with Crippen molar-refractivity contribution in [2.45, 2.75) is 32.1 Å².